The second-order valence-corrected chi connectivity index (χ2v) is 14.0. The molecule has 2 unspecified atom stereocenters. The van der Waals surface area contributed by atoms with E-state index in [1.807, 2.05) is 0 Å². The summed E-state index contributed by atoms with van der Waals surface area (Å²) in [6.07, 6.45) is -3.75. The quantitative estimate of drug-likeness (QED) is 0.0908. The highest BCUT2D eigenvalue weighted by atomic mass is 32.7. The van der Waals surface area contributed by atoms with E-state index < -0.39 is 81.9 Å². The zero-order valence-corrected chi connectivity index (χ0v) is 25.6. The van der Waals surface area contributed by atoms with Crippen LogP contribution in [0.5, 0.6) is 0 Å². The predicted molar refractivity (Wildman–Crippen MR) is 149 cm³/mol. The number of nitrogen functional groups attached to an aromatic ring is 1. The lowest BCUT2D eigenvalue weighted by Crippen LogP contribution is -2.33. The predicted octanol–water partition coefficient (Wildman–Crippen LogP) is 1.25. The van der Waals surface area contributed by atoms with Crippen molar-refractivity contribution in [2.24, 2.45) is 5.92 Å². The molecular weight excluding hydrogens is 655 g/mol. The summed E-state index contributed by atoms with van der Waals surface area (Å²) < 4.78 is 75.5. The zero-order valence-electron chi connectivity index (χ0n) is 22.9. The first-order valence-electron chi connectivity index (χ1n) is 12.8. The number of fused-ring (bicyclic) bond motifs is 1. The minimum absolute atomic E-state index is 0.0751. The zero-order chi connectivity index (χ0) is 31.8. The molecule has 0 radical (unpaired) electrons. The summed E-state index contributed by atoms with van der Waals surface area (Å²) in [5, 5.41) is 0. The molecule has 2 aliphatic heterocycles. The van der Waals surface area contributed by atoms with Crippen LogP contribution in [0, 0.1) is 5.92 Å². The smallest absolute Gasteiger partial charge is 0.382 e. The number of aromatic nitrogens is 6. The van der Waals surface area contributed by atoms with E-state index in [2.05, 4.69) is 37.1 Å². The number of thiol groups is 1. The largest absolute Gasteiger partial charge is 0.502 e. The van der Waals surface area contributed by atoms with Crippen LogP contribution in [0.4, 0.5) is 10.2 Å². The number of phosphoric acid groups is 1. The Balaban J connectivity index is 1.35. The van der Waals surface area contributed by atoms with Gasteiger partial charge in [-0.05, 0) is 0 Å². The van der Waals surface area contributed by atoms with Crippen molar-refractivity contribution in [2.45, 2.75) is 50.3 Å². The number of nitrogens with one attached hydrogen (secondary N) is 1. The lowest BCUT2D eigenvalue weighted by molar-refractivity contribution is -0.207. The highest BCUT2D eigenvalue weighted by molar-refractivity contribution is 8.44. The molecule has 0 aromatic carbocycles. The van der Waals surface area contributed by atoms with Crippen molar-refractivity contribution < 1.29 is 51.0 Å². The molecule has 5 rings (SSSR count). The summed E-state index contributed by atoms with van der Waals surface area (Å²) >= 11 is 3.49. The van der Waals surface area contributed by atoms with Gasteiger partial charge in [0.25, 0.3) is 5.56 Å². The number of nitrogens with zero attached hydrogens (tertiary/aromatic N) is 5. The van der Waals surface area contributed by atoms with Crippen LogP contribution in [0.15, 0.2) is 34.5 Å². The highest BCUT2D eigenvalue weighted by Crippen LogP contribution is 2.55. The van der Waals surface area contributed by atoms with Gasteiger partial charge < -0.3 is 20.1 Å². The van der Waals surface area contributed by atoms with Crippen LogP contribution in [-0.4, -0.2) is 78.8 Å². The standard InChI is InChI=1S/C21H28FN7O12P2S/c1-10-15(22)13(39-19(10)28-4-3-14(30)27-21(28)31)7-37-43(34,41-35-2)40-12-5-11(6-36-42(32,33)44)38-20(12)29-9-26-16-17(23)24-8-25-18(16)29/h3-4,8-13,15,19-20H,5-7H2,1-2H3,(H2,23,24,25)(H,27,30,31)(H2,32,33,44)/t10-,11+,12-,13-,15+,19-,20-,43?/m1/s1. The Morgan fingerprint density at radius 1 is 1.18 bits per heavy atom. The highest BCUT2D eigenvalue weighted by Gasteiger charge is 2.48. The molecule has 2 saturated heterocycles. The second kappa shape index (κ2) is 13.1. The lowest BCUT2D eigenvalue weighted by Gasteiger charge is -2.25. The minimum atomic E-state index is -4.68. The van der Waals surface area contributed by atoms with Crippen LogP contribution in [-0.2, 0) is 41.7 Å². The van der Waals surface area contributed by atoms with Gasteiger partial charge >= 0.3 is 20.3 Å². The Morgan fingerprint density at radius 2 is 1.95 bits per heavy atom. The number of phosphoric ester groups is 1. The summed E-state index contributed by atoms with van der Waals surface area (Å²) in [4.78, 5) is 52.0. The monoisotopic (exact) mass is 683 g/mol. The third-order valence-corrected chi connectivity index (χ3v) is 8.97. The SMILES string of the molecule is COOP(=O)(OC[C@H]1O[C@@H](n2ccc(=O)[nH]c2=O)[C@H](C)[C@@H]1F)O[C@@H]1C[C@@H](COP(=O)(O)S)O[C@H]1n1cnc2c(N)ncnc21. The van der Waals surface area contributed by atoms with Crippen molar-refractivity contribution in [3.63, 3.8) is 0 Å². The first-order valence-corrected chi connectivity index (χ1v) is 17.0. The molecule has 23 heteroatoms. The number of hydrogen-bond donors (Lipinski definition) is 4. The maximum atomic E-state index is 15.2. The van der Waals surface area contributed by atoms with Crippen LogP contribution in [0.1, 0.15) is 25.8 Å². The Kier molecular flexibility index (Phi) is 9.74. The number of H-pyrrole nitrogens is 1. The van der Waals surface area contributed by atoms with Gasteiger partial charge in [0, 0.05) is 24.6 Å². The fourth-order valence-corrected chi connectivity index (χ4v) is 6.58. The van der Waals surface area contributed by atoms with Gasteiger partial charge in [-0.25, -0.2) is 38.2 Å². The first-order chi connectivity index (χ1) is 20.8. The average molecular weight is 684 g/mol. The number of nitrogens with two attached hydrogens (primary N) is 1. The lowest BCUT2D eigenvalue weighted by atomic mass is 10.0. The van der Waals surface area contributed by atoms with E-state index in [4.69, 9.17) is 33.5 Å². The normalized spacial score (nSPS) is 30.0. The van der Waals surface area contributed by atoms with Crippen LogP contribution in [0.2, 0.25) is 0 Å². The summed E-state index contributed by atoms with van der Waals surface area (Å²) in [7, 11) is -3.64. The molecule has 0 bridgehead atoms. The molecule has 242 valence electrons. The number of aromatic amines is 1. The van der Waals surface area contributed by atoms with Crippen molar-refractivity contribution >= 4 is 43.9 Å². The number of halogens is 1. The van der Waals surface area contributed by atoms with Crippen molar-refractivity contribution in [1.82, 2.24) is 29.1 Å². The first kappa shape index (κ1) is 32.8. The molecule has 44 heavy (non-hydrogen) atoms. The molecule has 19 nitrogen and oxygen atoms in total. The number of imidazole rings is 1. The van der Waals surface area contributed by atoms with Gasteiger partial charge in [0.2, 0.25) is 0 Å². The summed E-state index contributed by atoms with van der Waals surface area (Å²) in [5.74, 6) is -0.798. The number of rotatable bonds is 12. The molecule has 4 N–H and O–H groups in total. The van der Waals surface area contributed by atoms with E-state index in [0.717, 1.165) is 17.7 Å². The van der Waals surface area contributed by atoms with Gasteiger partial charge in [-0.15, -0.1) is 4.67 Å². The molecule has 3 aromatic heterocycles. The van der Waals surface area contributed by atoms with E-state index >= 15 is 4.39 Å². The number of alkyl halides is 1. The molecule has 2 aliphatic rings. The topological polar surface area (TPSA) is 243 Å². The van der Waals surface area contributed by atoms with Gasteiger partial charge in [-0.2, -0.15) is 0 Å². The number of ether oxygens (including phenoxy) is 2. The summed E-state index contributed by atoms with van der Waals surface area (Å²) in [6, 6.07) is 1.08. The van der Waals surface area contributed by atoms with Gasteiger partial charge in [0.15, 0.2) is 17.7 Å². The summed E-state index contributed by atoms with van der Waals surface area (Å²) in [6.45, 7) is -3.77. The molecule has 2 fully saturated rings. The van der Waals surface area contributed by atoms with Crippen LogP contribution < -0.4 is 17.0 Å². The van der Waals surface area contributed by atoms with Gasteiger partial charge in [-0.3, -0.25) is 32.5 Å². The van der Waals surface area contributed by atoms with Crippen LogP contribution in [0.3, 0.4) is 0 Å². The van der Waals surface area contributed by atoms with E-state index in [1.165, 1.54) is 30.3 Å². The molecule has 9 atom stereocenters. The van der Waals surface area contributed by atoms with Gasteiger partial charge in [-0.1, -0.05) is 19.2 Å². The Bertz CT molecular complexity index is 1700. The second-order valence-electron chi connectivity index (χ2n) is 9.77. The van der Waals surface area contributed by atoms with E-state index in [-0.39, 0.29) is 23.4 Å². The maximum absolute atomic E-state index is 15.2. The molecule has 0 saturated carbocycles. The van der Waals surface area contributed by atoms with Gasteiger partial charge in [0.05, 0.1) is 32.8 Å². The van der Waals surface area contributed by atoms with Crippen molar-refractivity contribution in [3.05, 3.63) is 45.8 Å². The van der Waals surface area contributed by atoms with Crippen molar-refractivity contribution in [3.8, 4) is 0 Å². The van der Waals surface area contributed by atoms with E-state index in [0.29, 0.717) is 0 Å². The molecule has 3 aromatic rings. The maximum Gasteiger partial charge on any atom is 0.502 e. The van der Waals surface area contributed by atoms with E-state index in [9.17, 15) is 23.6 Å². The Morgan fingerprint density at radius 3 is 2.66 bits per heavy atom. The van der Waals surface area contributed by atoms with Gasteiger partial charge in [0.1, 0.15) is 36.5 Å². The summed E-state index contributed by atoms with van der Waals surface area (Å²) in [5.41, 5.74) is 4.90. The molecule has 5 heterocycles. The third kappa shape index (κ3) is 7.13. The molecule has 0 spiro atoms. The van der Waals surface area contributed by atoms with Crippen molar-refractivity contribution in [2.75, 3.05) is 26.1 Å². The minimum Gasteiger partial charge on any atom is -0.382 e. The fourth-order valence-electron chi connectivity index (χ4n) is 4.84. The Labute approximate surface area is 252 Å². The Hall–Kier alpha value is -2.55. The molecular formula is C21H28FN7O12P2S. The molecule has 0 aliphatic carbocycles. The van der Waals surface area contributed by atoms with Crippen molar-refractivity contribution in [1.29, 1.82) is 0 Å². The van der Waals surface area contributed by atoms with E-state index in [1.54, 1.807) is 0 Å². The number of anilines is 1. The number of hydrogen-bond acceptors (Lipinski definition) is 15. The fraction of sp³-hybridized carbons (Fsp3) is 0.571. The third-order valence-electron chi connectivity index (χ3n) is 6.81. The average Bonchev–Trinajstić information content (AvgIpc) is 3.63. The molecule has 0 amide bonds. The van der Waals surface area contributed by atoms with Crippen LogP contribution >= 0.6 is 26.9 Å². The van der Waals surface area contributed by atoms with Crippen LogP contribution in [0.25, 0.3) is 11.2 Å².